The van der Waals surface area contributed by atoms with Gasteiger partial charge in [0.1, 0.15) is 5.69 Å². The molecule has 1 unspecified atom stereocenters. The van der Waals surface area contributed by atoms with Gasteiger partial charge in [0.05, 0.1) is 11.7 Å². The van der Waals surface area contributed by atoms with Crippen molar-refractivity contribution in [3.05, 3.63) is 29.6 Å². The van der Waals surface area contributed by atoms with Crippen LogP contribution in [0.3, 0.4) is 0 Å². The number of pyridine rings is 1. The Morgan fingerprint density at radius 3 is 2.72 bits per heavy atom. The summed E-state index contributed by atoms with van der Waals surface area (Å²) in [6.45, 7) is 0.927. The second-order valence-corrected chi connectivity index (χ2v) is 4.28. The molecule has 2 heterocycles. The van der Waals surface area contributed by atoms with Crippen LogP contribution in [0, 0.1) is 0 Å². The molecule has 0 aliphatic carbocycles. The Bertz CT molecular complexity index is 458. The average molecular weight is 250 g/mol. The predicted molar refractivity (Wildman–Crippen MR) is 62.3 cm³/mol. The van der Waals surface area contributed by atoms with Crippen LogP contribution in [0.4, 0.5) is 0 Å². The fourth-order valence-electron chi connectivity index (χ4n) is 1.97. The lowest BCUT2D eigenvalue weighted by Gasteiger charge is -2.30. The lowest BCUT2D eigenvalue weighted by molar-refractivity contribution is 0.0473. The molecule has 1 aromatic heterocycles. The second-order valence-electron chi connectivity index (χ2n) is 4.28. The van der Waals surface area contributed by atoms with E-state index in [9.17, 15) is 14.7 Å². The van der Waals surface area contributed by atoms with Crippen molar-refractivity contribution < 1.29 is 19.8 Å². The highest BCUT2D eigenvalue weighted by Crippen LogP contribution is 2.13. The maximum Gasteiger partial charge on any atom is 0.354 e. The van der Waals surface area contributed by atoms with Crippen molar-refractivity contribution in [3.8, 4) is 0 Å². The first-order valence-corrected chi connectivity index (χ1v) is 5.74. The molecular formula is C12H14N2O4. The Morgan fingerprint density at radius 2 is 2.17 bits per heavy atom. The number of amides is 1. The van der Waals surface area contributed by atoms with Crippen LogP contribution < -0.4 is 0 Å². The minimum atomic E-state index is -1.12. The highest BCUT2D eigenvalue weighted by molar-refractivity contribution is 5.95. The number of aliphatic hydroxyl groups excluding tert-OH is 1. The number of likely N-dealkylation sites (tertiary alicyclic amines) is 1. The van der Waals surface area contributed by atoms with Gasteiger partial charge in [0, 0.05) is 19.3 Å². The summed E-state index contributed by atoms with van der Waals surface area (Å²) >= 11 is 0. The van der Waals surface area contributed by atoms with Crippen LogP contribution in [0.5, 0.6) is 0 Å². The van der Waals surface area contributed by atoms with E-state index in [4.69, 9.17) is 5.11 Å². The van der Waals surface area contributed by atoms with Gasteiger partial charge in [-0.15, -0.1) is 0 Å². The fraction of sp³-hybridized carbons (Fsp3) is 0.417. The topological polar surface area (TPSA) is 90.7 Å². The highest BCUT2D eigenvalue weighted by atomic mass is 16.4. The molecule has 2 N–H and O–H groups in total. The molecular weight excluding hydrogens is 236 g/mol. The first-order valence-electron chi connectivity index (χ1n) is 5.74. The monoisotopic (exact) mass is 250 g/mol. The molecule has 1 atom stereocenters. The molecule has 1 saturated heterocycles. The van der Waals surface area contributed by atoms with Crippen molar-refractivity contribution in [2.45, 2.75) is 18.9 Å². The summed E-state index contributed by atoms with van der Waals surface area (Å²) in [4.78, 5) is 28.0. The van der Waals surface area contributed by atoms with Crippen LogP contribution in [-0.4, -0.2) is 51.2 Å². The number of carbonyl (C=O) groups excluding carboxylic acids is 1. The van der Waals surface area contributed by atoms with Gasteiger partial charge in [0.2, 0.25) is 0 Å². The Balaban J connectivity index is 2.10. The van der Waals surface area contributed by atoms with Crippen LogP contribution >= 0.6 is 0 Å². The van der Waals surface area contributed by atoms with Crippen LogP contribution in [-0.2, 0) is 0 Å². The summed E-state index contributed by atoms with van der Waals surface area (Å²) in [5.41, 5.74) is 0.249. The lowest BCUT2D eigenvalue weighted by atomic mass is 10.1. The zero-order valence-electron chi connectivity index (χ0n) is 9.74. The summed E-state index contributed by atoms with van der Waals surface area (Å²) in [5.74, 6) is -1.35. The van der Waals surface area contributed by atoms with E-state index < -0.39 is 12.1 Å². The second kappa shape index (κ2) is 5.14. The molecule has 2 rings (SSSR count). The number of carboxylic acids is 1. The van der Waals surface area contributed by atoms with Gasteiger partial charge in [0.25, 0.3) is 5.91 Å². The maximum atomic E-state index is 12.1. The quantitative estimate of drug-likeness (QED) is 0.791. The van der Waals surface area contributed by atoms with E-state index in [0.717, 1.165) is 6.42 Å². The number of piperidine rings is 1. The molecule has 96 valence electrons. The molecule has 18 heavy (non-hydrogen) atoms. The Hall–Kier alpha value is -1.95. The van der Waals surface area contributed by atoms with Crippen molar-refractivity contribution in [1.82, 2.24) is 9.88 Å². The van der Waals surface area contributed by atoms with Gasteiger partial charge in [-0.25, -0.2) is 9.78 Å². The minimum absolute atomic E-state index is 0.0924. The lowest BCUT2D eigenvalue weighted by Crippen LogP contribution is -2.42. The van der Waals surface area contributed by atoms with Crippen molar-refractivity contribution in [3.63, 3.8) is 0 Å². The third-order valence-corrected chi connectivity index (χ3v) is 2.91. The van der Waals surface area contributed by atoms with E-state index >= 15 is 0 Å². The molecule has 1 aliphatic rings. The Kier molecular flexibility index (Phi) is 3.57. The number of carboxylic acid groups (broad SMARTS) is 1. The van der Waals surface area contributed by atoms with E-state index in [1.807, 2.05) is 0 Å². The number of hydrogen-bond acceptors (Lipinski definition) is 4. The van der Waals surface area contributed by atoms with Crippen LogP contribution in [0.15, 0.2) is 18.3 Å². The van der Waals surface area contributed by atoms with Crippen molar-refractivity contribution in [2.75, 3.05) is 13.1 Å². The molecule has 0 bridgehead atoms. The number of β-amino-alcohol motifs (C(OH)–C–C–N with tert-alkyl or cyclic N) is 1. The standard InChI is InChI=1S/C12H14N2O4/c15-9-2-1-5-14(7-9)11(16)8-3-4-10(12(17)18)13-6-8/h3-4,6,9,15H,1-2,5,7H2,(H,17,18). The van der Waals surface area contributed by atoms with E-state index in [-0.39, 0.29) is 11.6 Å². The molecule has 0 radical (unpaired) electrons. The molecule has 0 spiro atoms. The van der Waals surface area contributed by atoms with Gasteiger partial charge >= 0.3 is 5.97 Å². The summed E-state index contributed by atoms with van der Waals surface area (Å²) in [6.07, 6.45) is 2.26. The molecule has 0 aromatic carbocycles. The molecule has 0 saturated carbocycles. The van der Waals surface area contributed by atoms with E-state index in [2.05, 4.69) is 4.98 Å². The predicted octanol–water partition coefficient (Wildman–Crippen LogP) is 0.377. The number of aliphatic hydroxyl groups is 1. The molecule has 1 fully saturated rings. The van der Waals surface area contributed by atoms with Crippen molar-refractivity contribution >= 4 is 11.9 Å². The number of aromatic carboxylic acids is 1. The minimum Gasteiger partial charge on any atom is -0.477 e. The van der Waals surface area contributed by atoms with Gasteiger partial charge in [-0.1, -0.05) is 0 Å². The first kappa shape index (κ1) is 12.5. The number of nitrogens with zero attached hydrogens (tertiary/aromatic N) is 2. The van der Waals surface area contributed by atoms with Crippen molar-refractivity contribution in [2.24, 2.45) is 0 Å². The SMILES string of the molecule is O=C(O)c1ccc(C(=O)N2CCCC(O)C2)cn1. The zero-order chi connectivity index (χ0) is 13.1. The first-order chi connectivity index (χ1) is 8.58. The Labute approximate surface area is 104 Å². The summed E-state index contributed by atoms with van der Waals surface area (Å²) in [5, 5.41) is 18.2. The summed E-state index contributed by atoms with van der Waals surface area (Å²) < 4.78 is 0. The molecule has 6 nitrogen and oxygen atoms in total. The van der Waals surface area contributed by atoms with Crippen molar-refractivity contribution in [1.29, 1.82) is 0 Å². The smallest absolute Gasteiger partial charge is 0.354 e. The van der Waals surface area contributed by atoms with E-state index in [1.165, 1.54) is 18.3 Å². The van der Waals surface area contributed by atoms with Gasteiger partial charge in [-0.3, -0.25) is 4.79 Å². The number of hydrogen-bond donors (Lipinski definition) is 2. The third-order valence-electron chi connectivity index (χ3n) is 2.91. The van der Waals surface area contributed by atoms with E-state index in [1.54, 1.807) is 4.90 Å². The van der Waals surface area contributed by atoms with Gasteiger partial charge in [0.15, 0.2) is 0 Å². The molecule has 6 heteroatoms. The third kappa shape index (κ3) is 2.65. The number of rotatable bonds is 2. The summed E-state index contributed by atoms with van der Waals surface area (Å²) in [7, 11) is 0. The summed E-state index contributed by atoms with van der Waals surface area (Å²) in [6, 6.07) is 2.75. The normalized spacial score (nSPS) is 19.6. The van der Waals surface area contributed by atoms with Gasteiger partial charge in [-0.2, -0.15) is 0 Å². The zero-order valence-corrected chi connectivity index (χ0v) is 9.74. The Morgan fingerprint density at radius 1 is 1.39 bits per heavy atom. The average Bonchev–Trinajstić information content (AvgIpc) is 2.38. The molecule has 1 amide bonds. The highest BCUT2D eigenvalue weighted by Gasteiger charge is 2.23. The molecule has 1 aliphatic heterocycles. The van der Waals surface area contributed by atoms with Crippen LogP contribution in [0.2, 0.25) is 0 Å². The van der Waals surface area contributed by atoms with Crippen LogP contribution in [0.25, 0.3) is 0 Å². The van der Waals surface area contributed by atoms with Gasteiger partial charge in [-0.05, 0) is 25.0 Å². The van der Waals surface area contributed by atoms with Gasteiger partial charge < -0.3 is 15.1 Å². The number of carbonyl (C=O) groups is 2. The van der Waals surface area contributed by atoms with Crippen LogP contribution in [0.1, 0.15) is 33.7 Å². The number of aromatic nitrogens is 1. The molecule has 1 aromatic rings. The largest absolute Gasteiger partial charge is 0.477 e. The maximum absolute atomic E-state index is 12.1. The van der Waals surface area contributed by atoms with E-state index in [0.29, 0.717) is 25.1 Å². The fourth-order valence-corrected chi connectivity index (χ4v) is 1.97.